The summed E-state index contributed by atoms with van der Waals surface area (Å²) in [6, 6.07) is 0.437. The number of rotatable bonds is 3. The molecule has 5 nitrogen and oxygen atoms in total. The standard InChI is InChI=1S/C8H12N4O/c1-13-4-7-2-3-12(7)8-10-5-9-6-11-8/h5-7H,2-4H2,1H3. The maximum absolute atomic E-state index is 5.08. The first kappa shape index (κ1) is 8.37. The quantitative estimate of drug-likeness (QED) is 0.660. The molecule has 0 radical (unpaired) electrons. The molecule has 0 spiro atoms. The van der Waals surface area contributed by atoms with E-state index >= 15 is 0 Å². The number of nitrogens with zero attached hydrogens (tertiary/aromatic N) is 4. The molecule has 0 aromatic carbocycles. The molecular formula is C8H12N4O. The summed E-state index contributed by atoms with van der Waals surface area (Å²) in [6.07, 6.45) is 4.19. The zero-order valence-corrected chi connectivity index (χ0v) is 7.55. The first-order valence-electron chi connectivity index (χ1n) is 4.29. The van der Waals surface area contributed by atoms with Gasteiger partial charge in [-0.2, -0.15) is 0 Å². The van der Waals surface area contributed by atoms with E-state index in [-0.39, 0.29) is 0 Å². The zero-order valence-electron chi connectivity index (χ0n) is 7.55. The predicted octanol–water partition coefficient (Wildman–Crippen LogP) is 0.0967. The third kappa shape index (κ3) is 1.60. The van der Waals surface area contributed by atoms with Gasteiger partial charge in [-0.25, -0.2) is 15.0 Å². The van der Waals surface area contributed by atoms with Crippen LogP contribution in [0.15, 0.2) is 12.7 Å². The second-order valence-corrected chi connectivity index (χ2v) is 3.03. The smallest absolute Gasteiger partial charge is 0.228 e. The Kier molecular flexibility index (Phi) is 2.35. The fraction of sp³-hybridized carbons (Fsp3) is 0.625. The summed E-state index contributed by atoms with van der Waals surface area (Å²) in [5.74, 6) is 0.753. The van der Waals surface area contributed by atoms with Crippen LogP contribution < -0.4 is 4.90 Å². The minimum Gasteiger partial charge on any atom is -0.383 e. The Morgan fingerprint density at radius 3 is 2.85 bits per heavy atom. The summed E-state index contributed by atoms with van der Waals surface area (Å²) in [7, 11) is 1.71. The van der Waals surface area contributed by atoms with Gasteiger partial charge in [-0.1, -0.05) is 0 Å². The van der Waals surface area contributed by atoms with Gasteiger partial charge in [0.2, 0.25) is 5.95 Å². The van der Waals surface area contributed by atoms with Gasteiger partial charge in [-0.05, 0) is 6.42 Å². The first-order valence-corrected chi connectivity index (χ1v) is 4.29. The van der Waals surface area contributed by atoms with Gasteiger partial charge in [0.15, 0.2) is 0 Å². The molecule has 13 heavy (non-hydrogen) atoms. The van der Waals surface area contributed by atoms with Crippen LogP contribution in [-0.4, -0.2) is 41.3 Å². The Bertz CT molecular complexity index is 266. The summed E-state index contributed by atoms with van der Waals surface area (Å²) < 4.78 is 5.08. The van der Waals surface area contributed by atoms with Gasteiger partial charge < -0.3 is 9.64 Å². The highest BCUT2D eigenvalue weighted by atomic mass is 16.5. The fourth-order valence-corrected chi connectivity index (χ4v) is 1.45. The lowest BCUT2D eigenvalue weighted by Crippen LogP contribution is -2.51. The molecule has 70 valence electrons. The lowest BCUT2D eigenvalue weighted by molar-refractivity contribution is 0.156. The maximum Gasteiger partial charge on any atom is 0.228 e. The van der Waals surface area contributed by atoms with Crippen molar-refractivity contribution in [1.82, 2.24) is 15.0 Å². The van der Waals surface area contributed by atoms with E-state index in [4.69, 9.17) is 4.74 Å². The van der Waals surface area contributed by atoms with Crippen molar-refractivity contribution in [3.8, 4) is 0 Å². The van der Waals surface area contributed by atoms with E-state index in [0.29, 0.717) is 6.04 Å². The molecule has 0 saturated carbocycles. The second kappa shape index (κ2) is 3.66. The third-order valence-electron chi connectivity index (χ3n) is 2.24. The van der Waals surface area contributed by atoms with E-state index in [1.807, 2.05) is 0 Å². The van der Waals surface area contributed by atoms with Crippen LogP contribution in [0.25, 0.3) is 0 Å². The van der Waals surface area contributed by atoms with Crippen LogP contribution in [0.3, 0.4) is 0 Å². The minimum absolute atomic E-state index is 0.437. The van der Waals surface area contributed by atoms with E-state index in [9.17, 15) is 0 Å². The number of ether oxygens (including phenoxy) is 1. The zero-order chi connectivity index (χ0) is 9.10. The summed E-state index contributed by atoms with van der Waals surface area (Å²) >= 11 is 0. The number of hydrogen-bond acceptors (Lipinski definition) is 5. The van der Waals surface area contributed by atoms with Crippen LogP contribution in [0.5, 0.6) is 0 Å². The molecule has 1 aromatic heterocycles. The van der Waals surface area contributed by atoms with Gasteiger partial charge in [-0.3, -0.25) is 0 Å². The second-order valence-electron chi connectivity index (χ2n) is 3.03. The van der Waals surface area contributed by atoms with E-state index in [1.54, 1.807) is 7.11 Å². The van der Waals surface area contributed by atoms with Crippen molar-refractivity contribution in [2.45, 2.75) is 12.5 Å². The van der Waals surface area contributed by atoms with Gasteiger partial charge in [-0.15, -0.1) is 0 Å². The molecule has 1 aliphatic rings. The largest absolute Gasteiger partial charge is 0.383 e. The van der Waals surface area contributed by atoms with E-state index < -0.39 is 0 Å². The molecule has 1 aromatic rings. The summed E-state index contributed by atoms with van der Waals surface area (Å²) in [5.41, 5.74) is 0. The van der Waals surface area contributed by atoms with Crippen LogP contribution in [0.4, 0.5) is 5.95 Å². The Morgan fingerprint density at radius 1 is 1.54 bits per heavy atom. The SMILES string of the molecule is COCC1CCN1c1ncncn1. The van der Waals surface area contributed by atoms with Crippen LogP contribution in [0.1, 0.15) is 6.42 Å². The molecule has 1 fully saturated rings. The van der Waals surface area contributed by atoms with Crippen molar-refractivity contribution in [3.05, 3.63) is 12.7 Å². The average Bonchev–Trinajstić information content (AvgIpc) is 2.14. The topological polar surface area (TPSA) is 51.1 Å². The lowest BCUT2D eigenvalue weighted by atomic mass is 10.1. The van der Waals surface area contributed by atoms with E-state index in [1.165, 1.54) is 12.7 Å². The van der Waals surface area contributed by atoms with Crippen LogP contribution in [-0.2, 0) is 4.74 Å². The molecule has 1 atom stereocenters. The molecular weight excluding hydrogens is 168 g/mol. The monoisotopic (exact) mass is 180 g/mol. The number of anilines is 1. The summed E-state index contributed by atoms with van der Waals surface area (Å²) in [5, 5.41) is 0. The van der Waals surface area contributed by atoms with Crippen molar-refractivity contribution in [3.63, 3.8) is 0 Å². The highest BCUT2D eigenvalue weighted by Gasteiger charge is 2.29. The molecule has 0 amide bonds. The average molecular weight is 180 g/mol. The predicted molar refractivity (Wildman–Crippen MR) is 47.5 cm³/mol. The van der Waals surface area contributed by atoms with Gasteiger partial charge in [0.1, 0.15) is 12.7 Å². The van der Waals surface area contributed by atoms with Crippen molar-refractivity contribution < 1.29 is 4.74 Å². The third-order valence-corrected chi connectivity index (χ3v) is 2.24. The van der Waals surface area contributed by atoms with E-state index in [0.717, 1.165) is 25.5 Å². The summed E-state index contributed by atoms with van der Waals surface area (Å²) in [6.45, 7) is 1.75. The lowest BCUT2D eigenvalue weighted by Gasteiger charge is -2.40. The van der Waals surface area contributed by atoms with Crippen molar-refractivity contribution >= 4 is 5.95 Å². The van der Waals surface area contributed by atoms with Crippen molar-refractivity contribution in [1.29, 1.82) is 0 Å². The van der Waals surface area contributed by atoms with Gasteiger partial charge in [0.25, 0.3) is 0 Å². The van der Waals surface area contributed by atoms with Crippen LogP contribution in [0, 0.1) is 0 Å². The fourth-order valence-electron chi connectivity index (χ4n) is 1.45. The van der Waals surface area contributed by atoms with Gasteiger partial charge in [0.05, 0.1) is 12.6 Å². The Morgan fingerprint density at radius 2 is 2.31 bits per heavy atom. The van der Waals surface area contributed by atoms with Gasteiger partial charge in [0, 0.05) is 13.7 Å². The first-order chi connectivity index (χ1) is 6.42. The van der Waals surface area contributed by atoms with Crippen LogP contribution >= 0.6 is 0 Å². The molecule has 2 heterocycles. The van der Waals surface area contributed by atoms with Crippen LogP contribution in [0.2, 0.25) is 0 Å². The van der Waals surface area contributed by atoms with Crippen molar-refractivity contribution in [2.24, 2.45) is 0 Å². The van der Waals surface area contributed by atoms with Gasteiger partial charge >= 0.3 is 0 Å². The molecule has 0 N–H and O–H groups in total. The van der Waals surface area contributed by atoms with Crippen molar-refractivity contribution in [2.75, 3.05) is 25.2 Å². The highest BCUT2D eigenvalue weighted by molar-refractivity contribution is 5.34. The molecule has 1 saturated heterocycles. The molecule has 0 aliphatic carbocycles. The normalized spacial score (nSPS) is 21.3. The maximum atomic E-state index is 5.08. The Hall–Kier alpha value is -1.23. The highest BCUT2D eigenvalue weighted by Crippen LogP contribution is 2.21. The molecule has 0 bridgehead atoms. The minimum atomic E-state index is 0.437. The molecule has 5 heteroatoms. The number of methoxy groups -OCH3 is 1. The molecule has 2 rings (SSSR count). The number of aromatic nitrogens is 3. The number of hydrogen-bond donors (Lipinski definition) is 0. The Labute approximate surface area is 76.8 Å². The van der Waals surface area contributed by atoms with E-state index in [2.05, 4.69) is 19.9 Å². The molecule has 1 aliphatic heterocycles. The Balaban J connectivity index is 2.02. The molecule has 1 unspecified atom stereocenters. The summed E-state index contributed by atoms with van der Waals surface area (Å²) in [4.78, 5) is 14.1.